The van der Waals surface area contributed by atoms with E-state index in [-0.39, 0.29) is 29.9 Å². The summed E-state index contributed by atoms with van der Waals surface area (Å²) in [5, 5.41) is 27.0. The molecule has 1 fully saturated rings. The number of nitrogens with zero attached hydrogens (tertiary/aromatic N) is 1. The number of fused-ring (bicyclic) bond motifs is 2. The van der Waals surface area contributed by atoms with E-state index in [9.17, 15) is 19.8 Å². The molecule has 168 valence electrons. The number of epoxide rings is 1. The molecule has 3 N–H and O–H groups in total. The molecule has 0 saturated carbocycles. The molecule has 0 bridgehead atoms. The Bertz CT molecular complexity index is 981. The SMILES string of the molecule is CO/N=C/C=C\C(=O)NC/C=C/C1OC(=O)c2c(O)cccc2/C=C/C=C\C2OC2C1O. The third-order valence-corrected chi connectivity index (χ3v) is 4.66. The number of ether oxygens (including phenoxy) is 2. The second kappa shape index (κ2) is 11.1. The van der Waals surface area contributed by atoms with Crippen LogP contribution >= 0.6 is 0 Å². The van der Waals surface area contributed by atoms with Crippen LogP contribution in [-0.4, -0.2) is 66.4 Å². The van der Waals surface area contributed by atoms with Crippen LogP contribution in [0.5, 0.6) is 5.75 Å². The zero-order valence-corrected chi connectivity index (χ0v) is 17.3. The lowest BCUT2D eigenvalue weighted by molar-refractivity contribution is -0.116. The number of oxime groups is 1. The Morgan fingerprint density at radius 2 is 2.19 bits per heavy atom. The van der Waals surface area contributed by atoms with E-state index in [0.29, 0.717) is 5.56 Å². The van der Waals surface area contributed by atoms with Crippen LogP contribution in [0.15, 0.2) is 65.9 Å². The first kappa shape index (κ1) is 23.0. The number of hydrogen-bond donors (Lipinski definition) is 3. The zero-order chi connectivity index (χ0) is 22.9. The molecule has 1 saturated heterocycles. The number of aliphatic hydroxyl groups excluding tert-OH is 1. The van der Waals surface area contributed by atoms with Gasteiger partial charge in [-0.25, -0.2) is 4.79 Å². The average Bonchev–Trinajstić information content (AvgIpc) is 3.54. The monoisotopic (exact) mass is 440 g/mol. The molecular weight excluding hydrogens is 416 g/mol. The van der Waals surface area contributed by atoms with Crippen LogP contribution in [0.2, 0.25) is 0 Å². The van der Waals surface area contributed by atoms with Crippen LogP contribution < -0.4 is 5.32 Å². The summed E-state index contributed by atoms with van der Waals surface area (Å²) in [4.78, 5) is 29.0. The summed E-state index contributed by atoms with van der Waals surface area (Å²) < 4.78 is 11.0. The number of phenolic OH excluding ortho intramolecular Hbond substituents is 1. The zero-order valence-electron chi connectivity index (χ0n) is 17.3. The minimum absolute atomic E-state index is 0.00671. The Labute approximate surface area is 185 Å². The van der Waals surface area contributed by atoms with Crippen LogP contribution in [0.3, 0.4) is 0 Å². The van der Waals surface area contributed by atoms with Gasteiger partial charge >= 0.3 is 5.97 Å². The van der Waals surface area contributed by atoms with Crippen molar-refractivity contribution in [3.63, 3.8) is 0 Å². The molecule has 4 unspecified atom stereocenters. The van der Waals surface area contributed by atoms with Crippen molar-refractivity contribution in [2.45, 2.75) is 24.4 Å². The lowest BCUT2D eigenvalue weighted by atomic mass is 10.0. The van der Waals surface area contributed by atoms with Crippen LogP contribution in [0.4, 0.5) is 0 Å². The van der Waals surface area contributed by atoms with Gasteiger partial charge in [0.15, 0.2) is 0 Å². The second-order valence-electron chi connectivity index (χ2n) is 6.88. The highest BCUT2D eigenvalue weighted by Crippen LogP contribution is 2.31. The Kier molecular flexibility index (Phi) is 7.96. The standard InChI is InChI=1S/C23H24N2O7/c1-30-25-14-6-12-19(27)24-13-5-11-17-21(28)22-18(31-22)10-3-2-7-15-8-4-9-16(26)20(15)23(29)32-17/h2-12,14,17-18,21-22,26,28H,13H2,1H3,(H,24,27)/b7-2+,10-3-,11-5+,12-6-,25-14+. The maximum absolute atomic E-state index is 12.8. The number of hydrogen-bond acceptors (Lipinski definition) is 8. The van der Waals surface area contributed by atoms with Crippen molar-refractivity contribution in [3.8, 4) is 5.75 Å². The van der Waals surface area contributed by atoms with Crippen molar-refractivity contribution in [2.24, 2.45) is 5.16 Å². The molecule has 0 radical (unpaired) electrons. The summed E-state index contributed by atoms with van der Waals surface area (Å²) in [6.45, 7) is 0.130. The number of carbonyl (C=O) groups is 2. The number of amides is 1. The number of esters is 1. The number of aliphatic hydroxyl groups is 1. The van der Waals surface area contributed by atoms with Crippen LogP contribution in [0.25, 0.3) is 6.08 Å². The molecule has 0 aliphatic carbocycles. The number of aromatic hydroxyl groups is 1. The molecule has 9 nitrogen and oxygen atoms in total. The summed E-state index contributed by atoms with van der Waals surface area (Å²) in [6.07, 6.45) is 10.9. The fourth-order valence-electron chi connectivity index (χ4n) is 3.06. The van der Waals surface area contributed by atoms with Gasteiger partial charge in [-0.05, 0) is 23.8 Å². The van der Waals surface area contributed by atoms with Gasteiger partial charge in [-0.3, -0.25) is 4.79 Å². The molecule has 1 aromatic rings. The largest absolute Gasteiger partial charge is 0.507 e. The first-order valence-electron chi connectivity index (χ1n) is 9.90. The van der Waals surface area contributed by atoms with E-state index in [2.05, 4.69) is 15.3 Å². The van der Waals surface area contributed by atoms with Crippen molar-refractivity contribution < 1.29 is 34.1 Å². The van der Waals surface area contributed by atoms with Crippen molar-refractivity contribution in [3.05, 3.63) is 71.9 Å². The van der Waals surface area contributed by atoms with Gasteiger partial charge in [0.2, 0.25) is 5.91 Å². The van der Waals surface area contributed by atoms with Gasteiger partial charge in [0.25, 0.3) is 0 Å². The maximum Gasteiger partial charge on any atom is 0.343 e. The van der Waals surface area contributed by atoms with Crippen LogP contribution in [-0.2, 0) is 19.1 Å². The molecule has 0 aromatic heterocycles. The Morgan fingerprint density at radius 1 is 1.34 bits per heavy atom. The van der Waals surface area contributed by atoms with Crippen molar-refractivity contribution in [1.29, 1.82) is 0 Å². The topological polar surface area (TPSA) is 130 Å². The lowest BCUT2D eigenvalue weighted by Gasteiger charge is -2.20. The number of nitrogens with one attached hydrogen (secondary N) is 1. The van der Waals surface area contributed by atoms with Gasteiger partial charge in [0.1, 0.15) is 42.8 Å². The van der Waals surface area contributed by atoms with E-state index in [0.717, 1.165) is 0 Å². The molecule has 2 aliphatic rings. The average molecular weight is 440 g/mol. The van der Waals surface area contributed by atoms with E-state index in [4.69, 9.17) is 9.47 Å². The highest BCUT2D eigenvalue weighted by Gasteiger charge is 2.46. The molecule has 4 atom stereocenters. The van der Waals surface area contributed by atoms with Crippen LogP contribution in [0.1, 0.15) is 15.9 Å². The fraction of sp³-hybridized carbons (Fsp3) is 0.261. The fourth-order valence-corrected chi connectivity index (χ4v) is 3.06. The van der Waals surface area contributed by atoms with Crippen molar-refractivity contribution >= 4 is 24.2 Å². The third-order valence-electron chi connectivity index (χ3n) is 4.66. The molecule has 3 rings (SSSR count). The quantitative estimate of drug-likeness (QED) is 0.153. The predicted octanol–water partition coefficient (Wildman–Crippen LogP) is 1.49. The molecule has 0 spiro atoms. The number of allylic oxidation sites excluding steroid dienone is 3. The van der Waals surface area contributed by atoms with Gasteiger partial charge < -0.3 is 29.8 Å². The summed E-state index contributed by atoms with van der Waals surface area (Å²) in [7, 11) is 1.39. The Morgan fingerprint density at radius 3 is 3.00 bits per heavy atom. The Hall–Kier alpha value is -3.69. The molecule has 9 heteroatoms. The number of benzene rings is 1. The van der Waals surface area contributed by atoms with Gasteiger partial charge in [0, 0.05) is 12.6 Å². The molecular formula is C23H24N2O7. The van der Waals surface area contributed by atoms with Gasteiger partial charge in [-0.2, -0.15) is 0 Å². The number of rotatable bonds is 6. The van der Waals surface area contributed by atoms with Crippen molar-refractivity contribution in [2.75, 3.05) is 13.7 Å². The van der Waals surface area contributed by atoms with E-state index < -0.39 is 24.3 Å². The molecule has 1 amide bonds. The highest BCUT2D eigenvalue weighted by molar-refractivity contribution is 5.96. The minimum Gasteiger partial charge on any atom is -0.507 e. The van der Waals surface area contributed by atoms with Crippen molar-refractivity contribution in [1.82, 2.24) is 5.32 Å². The van der Waals surface area contributed by atoms with E-state index in [1.807, 2.05) is 0 Å². The predicted molar refractivity (Wildman–Crippen MR) is 117 cm³/mol. The van der Waals surface area contributed by atoms with Gasteiger partial charge in [-0.1, -0.05) is 47.7 Å². The van der Waals surface area contributed by atoms with Gasteiger partial charge in [0.05, 0.1) is 6.21 Å². The summed E-state index contributed by atoms with van der Waals surface area (Å²) >= 11 is 0. The van der Waals surface area contributed by atoms with E-state index in [1.165, 1.54) is 37.6 Å². The third kappa shape index (κ3) is 6.16. The summed E-state index contributed by atoms with van der Waals surface area (Å²) in [5.74, 6) is -1.38. The first-order chi connectivity index (χ1) is 15.5. The smallest absolute Gasteiger partial charge is 0.343 e. The summed E-state index contributed by atoms with van der Waals surface area (Å²) in [6, 6.07) is 4.67. The normalized spacial score (nSPS) is 27.1. The first-order valence-corrected chi connectivity index (χ1v) is 9.90. The number of phenols is 1. The minimum atomic E-state index is -1.14. The Balaban J connectivity index is 1.73. The highest BCUT2D eigenvalue weighted by atomic mass is 16.6. The molecule has 2 heterocycles. The second-order valence-corrected chi connectivity index (χ2v) is 6.88. The number of carbonyl (C=O) groups excluding carboxylic acids is 2. The van der Waals surface area contributed by atoms with Crippen LogP contribution in [0, 0.1) is 0 Å². The summed E-state index contributed by atoms with van der Waals surface area (Å²) in [5.41, 5.74) is 0.467. The number of cyclic esters (lactones) is 1. The molecule has 32 heavy (non-hydrogen) atoms. The van der Waals surface area contributed by atoms with E-state index in [1.54, 1.807) is 42.5 Å². The molecule has 2 aliphatic heterocycles. The lowest BCUT2D eigenvalue weighted by Crippen LogP contribution is -2.35. The van der Waals surface area contributed by atoms with E-state index >= 15 is 0 Å². The van der Waals surface area contributed by atoms with Gasteiger partial charge in [-0.15, -0.1) is 0 Å². The maximum atomic E-state index is 12.8. The molecule has 1 aromatic carbocycles.